The fraction of sp³-hybridized carbons (Fsp3) is 0.280. The van der Waals surface area contributed by atoms with Crippen LogP contribution in [0.25, 0.3) is 11.1 Å². The summed E-state index contributed by atoms with van der Waals surface area (Å²) in [4.78, 5) is 2.56. The molecule has 2 unspecified atom stereocenters. The average Bonchev–Trinajstić information content (AvgIpc) is 3.24. The second kappa shape index (κ2) is 6.24. The number of aliphatic hydroxyl groups is 1. The lowest BCUT2D eigenvalue weighted by Crippen LogP contribution is -2.17. The lowest BCUT2D eigenvalue weighted by Gasteiger charge is -2.21. The van der Waals surface area contributed by atoms with Crippen molar-refractivity contribution in [3.8, 4) is 11.1 Å². The molecule has 1 N–H and O–H groups in total. The maximum absolute atomic E-state index is 10.8. The summed E-state index contributed by atoms with van der Waals surface area (Å²) in [7, 11) is 0. The Morgan fingerprint density at radius 3 is 2.37 bits per heavy atom. The largest absolute Gasteiger partial charge is 0.384 e. The minimum absolute atomic E-state index is 0.585. The molecule has 2 bridgehead atoms. The predicted octanol–water partition coefficient (Wildman–Crippen LogP) is 5.71. The third kappa shape index (κ3) is 2.76. The minimum Gasteiger partial charge on any atom is -0.384 e. The van der Waals surface area contributed by atoms with Gasteiger partial charge in [0, 0.05) is 17.8 Å². The smallest absolute Gasteiger partial charge is 0.104 e. The van der Waals surface area contributed by atoms with E-state index in [9.17, 15) is 5.11 Å². The summed E-state index contributed by atoms with van der Waals surface area (Å²) in [6.45, 7) is 5.31. The first-order valence-corrected chi connectivity index (χ1v) is 9.87. The molecule has 136 valence electrons. The van der Waals surface area contributed by atoms with E-state index in [0.717, 1.165) is 17.7 Å². The number of fused-ring (bicyclic) bond motifs is 5. The topological polar surface area (TPSA) is 23.5 Å². The van der Waals surface area contributed by atoms with Gasteiger partial charge in [0.1, 0.15) is 6.10 Å². The molecular formula is C25H25NO. The Balaban J connectivity index is 1.46. The highest BCUT2D eigenvalue weighted by molar-refractivity contribution is 5.82. The summed E-state index contributed by atoms with van der Waals surface area (Å²) in [5.41, 5.74) is 9.63. The van der Waals surface area contributed by atoms with Crippen LogP contribution in [0.5, 0.6) is 0 Å². The second-order valence-electron chi connectivity index (χ2n) is 8.07. The molecule has 1 saturated heterocycles. The van der Waals surface area contributed by atoms with E-state index in [1.54, 1.807) is 0 Å². The number of hydrogen-bond acceptors (Lipinski definition) is 2. The molecule has 27 heavy (non-hydrogen) atoms. The number of rotatable bonds is 3. The molecule has 0 radical (unpaired) electrons. The summed E-state index contributed by atoms with van der Waals surface area (Å²) >= 11 is 0. The molecule has 0 aromatic heterocycles. The minimum atomic E-state index is -0.585. The van der Waals surface area contributed by atoms with E-state index in [-0.39, 0.29) is 0 Å². The van der Waals surface area contributed by atoms with E-state index in [2.05, 4.69) is 79.4 Å². The van der Waals surface area contributed by atoms with Crippen molar-refractivity contribution >= 4 is 5.69 Å². The maximum Gasteiger partial charge on any atom is 0.104 e. The van der Waals surface area contributed by atoms with Crippen LogP contribution in [0.3, 0.4) is 0 Å². The third-order valence-electron chi connectivity index (χ3n) is 6.07. The van der Waals surface area contributed by atoms with Crippen LogP contribution < -0.4 is 4.90 Å². The number of aryl methyl sites for hydroxylation is 2. The van der Waals surface area contributed by atoms with Crippen molar-refractivity contribution < 1.29 is 5.11 Å². The SMILES string of the molecule is Cc1cc(C)cc(C(O)c2ccc(-c3ccc4cc3N3CCCC43)cc2)c1. The van der Waals surface area contributed by atoms with Crippen molar-refractivity contribution in [1.82, 2.24) is 0 Å². The van der Waals surface area contributed by atoms with Crippen molar-refractivity contribution in [3.63, 3.8) is 0 Å². The van der Waals surface area contributed by atoms with Gasteiger partial charge in [-0.3, -0.25) is 0 Å². The van der Waals surface area contributed by atoms with Crippen molar-refractivity contribution in [2.45, 2.75) is 38.8 Å². The highest BCUT2D eigenvalue weighted by atomic mass is 16.3. The van der Waals surface area contributed by atoms with Gasteiger partial charge in [0.15, 0.2) is 0 Å². The fourth-order valence-corrected chi connectivity index (χ4v) is 4.84. The molecule has 0 spiro atoms. The van der Waals surface area contributed by atoms with Crippen molar-refractivity contribution in [3.05, 3.63) is 88.5 Å². The highest BCUT2D eigenvalue weighted by Gasteiger charge is 2.33. The summed E-state index contributed by atoms with van der Waals surface area (Å²) < 4.78 is 0. The number of hydrogen-bond donors (Lipinski definition) is 1. The maximum atomic E-state index is 10.8. The van der Waals surface area contributed by atoms with Crippen LogP contribution in [-0.4, -0.2) is 11.7 Å². The number of nitrogens with zero attached hydrogens (tertiary/aromatic N) is 1. The molecule has 2 aliphatic rings. The first kappa shape index (κ1) is 16.6. The van der Waals surface area contributed by atoms with Crippen LogP contribution in [0.15, 0.2) is 60.7 Å². The van der Waals surface area contributed by atoms with Crippen LogP contribution in [0.4, 0.5) is 5.69 Å². The molecule has 5 rings (SSSR count). The molecule has 2 heterocycles. The van der Waals surface area contributed by atoms with Crippen LogP contribution in [0.2, 0.25) is 0 Å². The summed E-state index contributed by atoms with van der Waals surface area (Å²) in [5, 5.41) is 10.8. The van der Waals surface area contributed by atoms with E-state index in [0.29, 0.717) is 6.04 Å². The van der Waals surface area contributed by atoms with Gasteiger partial charge < -0.3 is 10.0 Å². The summed E-state index contributed by atoms with van der Waals surface area (Å²) in [6, 6.07) is 22.2. The van der Waals surface area contributed by atoms with Crippen molar-refractivity contribution in [1.29, 1.82) is 0 Å². The Bertz CT molecular complexity index is 985. The molecule has 2 heteroatoms. The van der Waals surface area contributed by atoms with Gasteiger partial charge in [-0.05, 0) is 55.0 Å². The molecular weight excluding hydrogens is 330 g/mol. The normalized spacial score (nSPS) is 18.6. The number of aliphatic hydroxyl groups excluding tert-OH is 1. The van der Waals surface area contributed by atoms with Crippen LogP contribution in [0.1, 0.15) is 52.8 Å². The zero-order chi connectivity index (χ0) is 18.5. The van der Waals surface area contributed by atoms with E-state index in [1.807, 2.05) is 0 Å². The van der Waals surface area contributed by atoms with Gasteiger partial charge in [-0.2, -0.15) is 0 Å². The van der Waals surface area contributed by atoms with Gasteiger partial charge in [0.2, 0.25) is 0 Å². The van der Waals surface area contributed by atoms with Crippen LogP contribution in [0, 0.1) is 13.8 Å². The fourth-order valence-electron chi connectivity index (χ4n) is 4.84. The molecule has 2 nitrogen and oxygen atoms in total. The Morgan fingerprint density at radius 1 is 0.889 bits per heavy atom. The molecule has 0 amide bonds. The average molecular weight is 355 g/mol. The molecule has 2 aliphatic heterocycles. The van der Waals surface area contributed by atoms with Gasteiger partial charge in [-0.25, -0.2) is 0 Å². The lowest BCUT2D eigenvalue weighted by molar-refractivity contribution is 0.220. The molecule has 3 aromatic carbocycles. The highest BCUT2D eigenvalue weighted by Crippen LogP contribution is 2.47. The first-order valence-electron chi connectivity index (χ1n) is 9.87. The van der Waals surface area contributed by atoms with Gasteiger partial charge in [0.25, 0.3) is 0 Å². The zero-order valence-electron chi connectivity index (χ0n) is 15.9. The van der Waals surface area contributed by atoms with E-state index < -0.39 is 6.10 Å². The predicted molar refractivity (Wildman–Crippen MR) is 111 cm³/mol. The molecule has 0 saturated carbocycles. The first-order chi connectivity index (χ1) is 13.1. The van der Waals surface area contributed by atoms with Gasteiger partial charge in [-0.1, -0.05) is 65.7 Å². The molecule has 3 aromatic rings. The van der Waals surface area contributed by atoms with Crippen molar-refractivity contribution in [2.75, 3.05) is 11.4 Å². The van der Waals surface area contributed by atoms with Crippen LogP contribution in [-0.2, 0) is 0 Å². The van der Waals surface area contributed by atoms with Crippen LogP contribution >= 0.6 is 0 Å². The second-order valence-corrected chi connectivity index (χ2v) is 8.07. The third-order valence-corrected chi connectivity index (χ3v) is 6.07. The molecule has 1 fully saturated rings. The summed E-state index contributed by atoms with van der Waals surface area (Å²) in [5.74, 6) is 0. The Hall–Kier alpha value is -2.58. The van der Waals surface area contributed by atoms with Gasteiger partial charge in [-0.15, -0.1) is 0 Å². The van der Waals surface area contributed by atoms with E-state index in [4.69, 9.17) is 0 Å². The monoisotopic (exact) mass is 355 g/mol. The molecule has 2 atom stereocenters. The number of benzene rings is 3. The molecule has 0 aliphatic carbocycles. The Kier molecular flexibility index (Phi) is 3.84. The zero-order valence-corrected chi connectivity index (χ0v) is 15.9. The van der Waals surface area contributed by atoms with Crippen molar-refractivity contribution in [2.24, 2.45) is 0 Å². The Morgan fingerprint density at radius 2 is 1.63 bits per heavy atom. The van der Waals surface area contributed by atoms with Gasteiger partial charge in [0.05, 0.1) is 6.04 Å². The van der Waals surface area contributed by atoms with E-state index >= 15 is 0 Å². The van der Waals surface area contributed by atoms with E-state index in [1.165, 1.54) is 46.3 Å². The standard InChI is InChI=1S/C25H25NO/c1-16-12-17(2)14-21(13-16)25(27)19-7-5-18(6-8-19)22-10-9-20-15-24(22)26-11-3-4-23(20)26/h5-10,12-15,23,25,27H,3-4,11H2,1-2H3. The quantitative estimate of drug-likeness (QED) is 0.651. The lowest BCUT2D eigenvalue weighted by atomic mass is 9.95. The van der Waals surface area contributed by atoms with Gasteiger partial charge >= 0.3 is 0 Å². The number of anilines is 1. The summed E-state index contributed by atoms with van der Waals surface area (Å²) in [6.07, 6.45) is 1.97. The Labute approximate surface area is 161 Å².